The van der Waals surface area contributed by atoms with Gasteiger partial charge >= 0.3 is 5.97 Å². The van der Waals surface area contributed by atoms with Gasteiger partial charge in [0.1, 0.15) is 11.5 Å². The molecule has 2 aromatic carbocycles. The first kappa shape index (κ1) is 22.9. The fourth-order valence-corrected chi connectivity index (χ4v) is 3.92. The number of carboxylic acids is 1. The van der Waals surface area contributed by atoms with Crippen LogP contribution in [0, 0.1) is 0 Å². The molecule has 0 aromatic heterocycles. The van der Waals surface area contributed by atoms with Crippen LogP contribution in [0.3, 0.4) is 0 Å². The number of carboxylic acid groups (broad SMARTS) is 1. The summed E-state index contributed by atoms with van der Waals surface area (Å²) < 4.78 is 23.0. The van der Waals surface area contributed by atoms with Gasteiger partial charge in [0.25, 0.3) is 0 Å². The zero-order valence-corrected chi connectivity index (χ0v) is 19.8. The topological polar surface area (TPSA) is 74.2 Å². The summed E-state index contributed by atoms with van der Waals surface area (Å²) in [6, 6.07) is 10.8. The molecule has 4 rings (SSSR count). The van der Waals surface area contributed by atoms with E-state index in [2.05, 4.69) is 0 Å². The van der Waals surface area contributed by atoms with Gasteiger partial charge in [0.15, 0.2) is 17.6 Å². The van der Waals surface area contributed by atoms with Gasteiger partial charge in [-0.15, -0.1) is 11.8 Å². The predicted molar refractivity (Wildman–Crippen MR) is 129 cm³/mol. The van der Waals surface area contributed by atoms with E-state index in [1.54, 1.807) is 23.9 Å². The third-order valence-electron chi connectivity index (χ3n) is 5.26. The summed E-state index contributed by atoms with van der Waals surface area (Å²) >= 11 is 1.63. The lowest BCUT2D eigenvalue weighted by atomic mass is 9.89. The van der Waals surface area contributed by atoms with Crippen molar-refractivity contribution in [3.63, 3.8) is 0 Å². The molecule has 0 amide bonds. The second-order valence-corrected chi connectivity index (χ2v) is 8.96. The maximum atomic E-state index is 12.5. The van der Waals surface area contributed by atoms with Gasteiger partial charge in [-0.2, -0.15) is 0 Å². The number of hydrogen-bond acceptors (Lipinski definition) is 6. The van der Waals surface area contributed by atoms with Gasteiger partial charge in [-0.05, 0) is 62.3 Å². The zero-order valence-electron chi connectivity index (χ0n) is 19.0. The first-order chi connectivity index (χ1) is 15.9. The van der Waals surface area contributed by atoms with Crippen LogP contribution in [0.5, 0.6) is 23.0 Å². The third kappa shape index (κ3) is 4.88. The van der Waals surface area contributed by atoms with Crippen LogP contribution in [0.2, 0.25) is 0 Å². The molecule has 2 heterocycles. The van der Waals surface area contributed by atoms with Crippen molar-refractivity contribution in [2.45, 2.75) is 33.0 Å². The summed E-state index contributed by atoms with van der Waals surface area (Å²) in [6.45, 7) is 6.04. The zero-order chi connectivity index (χ0) is 23.5. The molecule has 1 N–H and O–H groups in total. The number of thioether (sulfide) groups is 1. The first-order valence-corrected chi connectivity index (χ1v) is 11.8. The molecule has 2 aliphatic rings. The van der Waals surface area contributed by atoms with Crippen LogP contribution in [0.1, 0.15) is 38.0 Å². The van der Waals surface area contributed by atoms with E-state index in [1.807, 2.05) is 69.5 Å². The van der Waals surface area contributed by atoms with Gasteiger partial charge in [0.05, 0.1) is 11.7 Å². The van der Waals surface area contributed by atoms with Crippen LogP contribution >= 0.6 is 11.8 Å². The molecule has 1 atom stereocenters. The summed E-state index contributed by atoms with van der Waals surface area (Å²) in [5, 5.41) is 10.3. The van der Waals surface area contributed by atoms with Crippen molar-refractivity contribution >= 4 is 23.3 Å². The normalized spacial score (nSPS) is 17.4. The van der Waals surface area contributed by atoms with E-state index in [0.717, 1.165) is 4.91 Å². The Bertz CT molecular complexity index is 1160. The molecular weight excluding hydrogens is 440 g/mol. The lowest BCUT2D eigenvalue weighted by molar-refractivity contribution is -0.133. The molecule has 0 saturated heterocycles. The van der Waals surface area contributed by atoms with Gasteiger partial charge in [-0.3, -0.25) is 0 Å². The van der Waals surface area contributed by atoms with Crippen LogP contribution in [-0.4, -0.2) is 30.2 Å². The summed E-state index contributed by atoms with van der Waals surface area (Å²) in [6.07, 6.45) is 6.82. The fraction of sp³-hybridized carbons (Fsp3) is 0.269. The SMILES string of the molecule is CS/C(C)=C\C=C\C1=C(C(=O)O)C(c2ccc3c(c2)OCO3)Oc2ccc(OC(C)C)cc21. The standard InChI is InChI=1S/C26H26O6S/c1-15(2)31-18-9-11-21-20(13-18)19(7-5-6-16(3)33-4)24(26(27)28)25(32-21)17-8-10-22-23(12-17)30-14-29-22/h5-13,15,25H,14H2,1-4H3,(H,27,28)/b7-5+,16-6-. The largest absolute Gasteiger partial charge is 0.491 e. The summed E-state index contributed by atoms with van der Waals surface area (Å²) in [5.41, 5.74) is 2.07. The minimum Gasteiger partial charge on any atom is -0.491 e. The Labute approximate surface area is 197 Å². The number of benzene rings is 2. The van der Waals surface area contributed by atoms with Crippen LogP contribution in [0.15, 0.2) is 65.1 Å². The Morgan fingerprint density at radius 1 is 1.15 bits per heavy atom. The number of allylic oxidation sites excluding steroid dienone is 5. The molecule has 7 heteroatoms. The van der Waals surface area contributed by atoms with Crippen molar-refractivity contribution < 1.29 is 28.8 Å². The lowest BCUT2D eigenvalue weighted by Crippen LogP contribution is -2.22. The van der Waals surface area contributed by atoms with E-state index in [1.165, 1.54) is 0 Å². The van der Waals surface area contributed by atoms with Crippen molar-refractivity contribution in [1.82, 2.24) is 0 Å². The minimum atomic E-state index is -1.05. The number of fused-ring (bicyclic) bond motifs is 2. The van der Waals surface area contributed by atoms with E-state index in [4.69, 9.17) is 18.9 Å². The molecule has 0 radical (unpaired) electrons. The smallest absolute Gasteiger partial charge is 0.336 e. The maximum absolute atomic E-state index is 12.5. The molecule has 1 unspecified atom stereocenters. The highest BCUT2D eigenvalue weighted by molar-refractivity contribution is 8.02. The molecule has 0 saturated carbocycles. The molecule has 6 nitrogen and oxygen atoms in total. The Morgan fingerprint density at radius 2 is 1.91 bits per heavy atom. The Balaban J connectivity index is 1.87. The maximum Gasteiger partial charge on any atom is 0.336 e. The predicted octanol–water partition coefficient (Wildman–Crippen LogP) is 6.00. The fourth-order valence-electron chi connectivity index (χ4n) is 3.71. The van der Waals surface area contributed by atoms with E-state index < -0.39 is 12.1 Å². The van der Waals surface area contributed by atoms with Gasteiger partial charge in [-0.1, -0.05) is 24.3 Å². The van der Waals surface area contributed by atoms with Crippen molar-refractivity contribution in [2.75, 3.05) is 13.0 Å². The number of carbonyl (C=O) groups is 1. The molecule has 172 valence electrons. The summed E-state index contributed by atoms with van der Waals surface area (Å²) in [4.78, 5) is 13.6. The Kier molecular flexibility index (Phi) is 6.70. The Hall–Kier alpha value is -3.32. The molecule has 33 heavy (non-hydrogen) atoms. The monoisotopic (exact) mass is 466 g/mol. The second kappa shape index (κ2) is 9.67. The van der Waals surface area contributed by atoms with E-state index in [0.29, 0.717) is 39.7 Å². The van der Waals surface area contributed by atoms with E-state index >= 15 is 0 Å². The third-order valence-corrected chi connectivity index (χ3v) is 6.04. The second-order valence-electron chi connectivity index (χ2n) is 7.91. The first-order valence-electron chi connectivity index (χ1n) is 10.6. The van der Waals surface area contributed by atoms with Crippen molar-refractivity contribution in [1.29, 1.82) is 0 Å². The van der Waals surface area contributed by atoms with Gasteiger partial charge < -0.3 is 24.1 Å². The molecule has 0 spiro atoms. The number of rotatable bonds is 7. The molecule has 2 aromatic rings. The average Bonchev–Trinajstić information content (AvgIpc) is 3.26. The summed E-state index contributed by atoms with van der Waals surface area (Å²) in [5.74, 6) is 1.39. The quantitative estimate of drug-likeness (QED) is 0.502. The molecule has 0 fully saturated rings. The van der Waals surface area contributed by atoms with E-state index in [9.17, 15) is 9.90 Å². The van der Waals surface area contributed by atoms with E-state index in [-0.39, 0.29) is 18.5 Å². The summed E-state index contributed by atoms with van der Waals surface area (Å²) in [7, 11) is 0. The van der Waals surface area contributed by atoms with Crippen molar-refractivity contribution in [2.24, 2.45) is 0 Å². The van der Waals surface area contributed by atoms with Crippen molar-refractivity contribution in [3.8, 4) is 23.0 Å². The Morgan fingerprint density at radius 3 is 2.64 bits per heavy atom. The van der Waals surface area contributed by atoms with Crippen molar-refractivity contribution in [3.05, 3.63) is 76.2 Å². The van der Waals surface area contributed by atoms with Crippen LogP contribution in [-0.2, 0) is 4.79 Å². The van der Waals surface area contributed by atoms with Gasteiger partial charge in [0.2, 0.25) is 6.79 Å². The number of ether oxygens (including phenoxy) is 4. The van der Waals surface area contributed by atoms with Crippen LogP contribution < -0.4 is 18.9 Å². The average molecular weight is 467 g/mol. The lowest BCUT2D eigenvalue weighted by Gasteiger charge is -2.29. The highest BCUT2D eigenvalue weighted by atomic mass is 32.2. The number of hydrogen-bond donors (Lipinski definition) is 1. The minimum absolute atomic E-state index is 0.0111. The highest BCUT2D eigenvalue weighted by Gasteiger charge is 2.34. The van der Waals surface area contributed by atoms with Crippen LogP contribution in [0.4, 0.5) is 0 Å². The molecule has 2 aliphatic heterocycles. The molecule has 0 aliphatic carbocycles. The van der Waals surface area contributed by atoms with Gasteiger partial charge in [0, 0.05) is 16.7 Å². The molecular formula is C26H26O6S. The number of aliphatic carboxylic acids is 1. The van der Waals surface area contributed by atoms with Gasteiger partial charge in [-0.25, -0.2) is 4.79 Å². The molecule has 0 bridgehead atoms. The highest BCUT2D eigenvalue weighted by Crippen LogP contribution is 2.46. The van der Waals surface area contributed by atoms with Crippen LogP contribution in [0.25, 0.3) is 5.57 Å².